The van der Waals surface area contributed by atoms with Gasteiger partial charge in [0.1, 0.15) is 5.75 Å². The molecule has 1 fully saturated rings. The summed E-state index contributed by atoms with van der Waals surface area (Å²) >= 11 is 0. The molecule has 1 aliphatic heterocycles. The van der Waals surface area contributed by atoms with Crippen LogP contribution in [0.3, 0.4) is 0 Å². The van der Waals surface area contributed by atoms with E-state index in [0.717, 1.165) is 5.56 Å². The van der Waals surface area contributed by atoms with Gasteiger partial charge in [-0.3, -0.25) is 4.79 Å². The molecule has 0 bridgehead atoms. The van der Waals surface area contributed by atoms with E-state index in [0.29, 0.717) is 19.4 Å². The Morgan fingerprint density at radius 2 is 2.35 bits per heavy atom. The third-order valence-electron chi connectivity index (χ3n) is 3.55. The van der Waals surface area contributed by atoms with Crippen molar-refractivity contribution in [2.75, 3.05) is 6.61 Å². The number of carboxylic acid groups (broad SMARTS) is 1. The molecule has 1 saturated heterocycles. The van der Waals surface area contributed by atoms with Gasteiger partial charge >= 0.3 is 5.97 Å². The summed E-state index contributed by atoms with van der Waals surface area (Å²) in [4.78, 5) is 11.5. The fourth-order valence-electron chi connectivity index (χ4n) is 2.40. The molecule has 4 heteroatoms. The summed E-state index contributed by atoms with van der Waals surface area (Å²) in [6.45, 7) is 2.27. The van der Waals surface area contributed by atoms with Crippen LogP contribution >= 0.6 is 0 Å². The number of phenolic OH excluding ortho intramolecular Hbond substituents is 1. The zero-order valence-electron chi connectivity index (χ0n) is 9.72. The number of carboxylic acids is 1. The molecule has 17 heavy (non-hydrogen) atoms. The molecule has 2 N–H and O–H groups in total. The highest BCUT2D eigenvalue weighted by Gasteiger charge is 2.48. The van der Waals surface area contributed by atoms with Crippen LogP contribution in [-0.2, 0) is 16.0 Å². The molecule has 0 saturated carbocycles. The van der Waals surface area contributed by atoms with Crippen molar-refractivity contribution in [3.63, 3.8) is 0 Å². The van der Waals surface area contributed by atoms with Crippen molar-refractivity contribution in [2.24, 2.45) is 5.41 Å². The molecule has 1 heterocycles. The van der Waals surface area contributed by atoms with Gasteiger partial charge in [-0.15, -0.1) is 0 Å². The van der Waals surface area contributed by atoms with E-state index >= 15 is 0 Å². The normalized spacial score (nSPS) is 28.2. The predicted molar refractivity (Wildman–Crippen MR) is 61.9 cm³/mol. The second-order valence-electron chi connectivity index (χ2n) is 4.57. The van der Waals surface area contributed by atoms with Crippen LogP contribution in [-0.4, -0.2) is 28.9 Å². The molecule has 1 aliphatic rings. The van der Waals surface area contributed by atoms with Crippen molar-refractivity contribution in [1.29, 1.82) is 0 Å². The Kier molecular flexibility index (Phi) is 3.07. The van der Waals surface area contributed by atoms with Gasteiger partial charge in [0.15, 0.2) is 0 Å². The zero-order chi connectivity index (χ0) is 12.5. The number of ether oxygens (including phenoxy) is 1. The van der Waals surface area contributed by atoms with Gasteiger partial charge < -0.3 is 14.9 Å². The first kappa shape index (κ1) is 11.9. The zero-order valence-corrected chi connectivity index (χ0v) is 9.72. The van der Waals surface area contributed by atoms with Gasteiger partial charge in [0.05, 0.1) is 11.5 Å². The largest absolute Gasteiger partial charge is 0.508 e. The van der Waals surface area contributed by atoms with Gasteiger partial charge in [-0.1, -0.05) is 12.1 Å². The Hall–Kier alpha value is -1.55. The number of hydrogen-bond acceptors (Lipinski definition) is 3. The maximum absolute atomic E-state index is 11.5. The summed E-state index contributed by atoms with van der Waals surface area (Å²) in [7, 11) is 0. The molecule has 0 aromatic heterocycles. The molecule has 0 aliphatic carbocycles. The van der Waals surface area contributed by atoms with E-state index in [4.69, 9.17) is 4.74 Å². The van der Waals surface area contributed by atoms with Crippen LogP contribution < -0.4 is 0 Å². The van der Waals surface area contributed by atoms with E-state index in [9.17, 15) is 15.0 Å². The number of benzene rings is 1. The summed E-state index contributed by atoms with van der Waals surface area (Å²) in [5.41, 5.74) is -0.0434. The Morgan fingerprint density at radius 3 is 2.88 bits per heavy atom. The lowest BCUT2D eigenvalue weighted by Crippen LogP contribution is -2.39. The monoisotopic (exact) mass is 236 g/mol. The first-order valence-electron chi connectivity index (χ1n) is 5.67. The van der Waals surface area contributed by atoms with Gasteiger partial charge in [-0.25, -0.2) is 0 Å². The highest BCUT2D eigenvalue weighted by atomic mass is 16.5. The molecule has 92 valence electrons. The predicted octanol–water partition coefficient (Wildman–Crippen LogP) is 1.81. The lowest BCUT2D eigenvalue weighted by Gasteiger charge is -2.27. The van der Waals surface area contributed by atoms with E-state index < -0.39 is 11.4 Å². The molecule has 0 radical (unpaired) electrons. The number of rotatable bonds is 3. The maximum atomic E-state index is 11.5. The minimum absolute atomic E-state index is 0.162. The third kappa shape index (κ3) is 2.13. The molecular formula is C13H16O4. The lowest BCUT2D eigenvalue weighted by molar-refractivity contribution is -0.151. The van der Waals surface area contributed by atoms with Crippen LogP contribution in [0.25, 0.3) is 0 Å². The number of aliphatic carboxylic acids is 1. The maximum Gasteiger partial charge on any atom is 0.312 e. The standard InChI is InChI=1S/C13H16O4/c1-9-13(12(15)16,5-6-17-9)8-10-3-2-4-11(14)7-10/h2-4,7,9,14H,5-6,8H2,1H3,(H,15,16). The number of aromatic hydroxyl groups is 1. The fraction of sp³-hybridized carbons (Fsp3) is 0.462. The molecule has 2 unspecified atom stereocenters. The van der Waals surface area contributed by atoms with Crippen LogP contribution in [0.1, 0.15) is 18.9 Å². The number of carbonyl (C=O) groups is 1. The molecule has 2 rings (SSSR count). The van der Waals surface area contributed by atoms with Crippen LogP contribution in [0, 0.1) is 5.41 Å². The topological polar surface area (TPSA) is 66.8 Å². The summed E-state index contributed by atoms with van der Waals surface area (Å²) in [6.07, 6.45) is 0.596. The van der Waals surface area contributed by atoms with Crippen LogP contribution in [0.4, 0.5) is 0 Å². The second kappa shape index (κ2) is 4.37. The first-order valence-corrected chi connectivity index (χ1v) is 5.67. The molecular weight excluding hydrogens is 220 g/mol. The molecule has 1 aromatic carbocycles. The van der Waals surface area contributed by atoms with E-state index in [-0.39, 0.29) is 11.9 Å². The quantitative estimate of drug-likeness (QED) is 0.840. The van der Waals surface area contributed by atoms with Gasteiger partial charge in [0.2, 0.25) is 0 Å². The van der Waals surface area contributed by atoms with Crippen molar-refractivity contribution in [2.45, 2.75) is 25.9 Å². The van der Waals surface area contributed by atoms with Gasteiger partial charge in [-0.05, 0) is 37.5 Å². The number of hydrogen-bond donors (Lipinski definition) is 2. The SMILES string of the molecule is CC1OCCC1(Cc1cccc(O)c1)C(=O)O. The minimum atomic E-state index is -0.867. The molecule has 1 aromatic rings. The average Bonchev–Trinajstić information content (AvgIpc) is 2.61. The lowest BCUT2D eigenvalue weighted by atomic mass is 9.76. The van der Waals surface area contributed by atoms with E-state index in [1.165, 1.54) is 0 Å². The van der Waals surface area contributed by atoms with Crippen molar-refractivity contribution in [3.05, 3.63) is 29.8 Å². The Balaban J connectivity index is 2.28. The molecule has 2 atom stereocenters. The van der Waals surface area contributed by atoms with Crippen LogP contribution in [0.2, 0.25) is 0 Å². The highest BCUT2D eigenvalue weighted by molar-refractivity contribution is 5.76. The molecule has 0 spiro atoms. The second-order valence-corrected chi connectivity index (χ2v) is 4.57. The first-order chi connectivity index (χ1) is 8.04. The van der Waals surface area contributed by atoms with E-state index in [1.807, 2.05) is 6.07 Å². The van der Waals surface area contributed by atoms with Gasteiger partial charge in [0.25, 0.3) is 0 Å². The van der Waals surface area contributed by atoms with Crippen molar-refractivity contribution in [3.8, 4) is 5.75 Å². The molecule has 0 amide bonds. The summed E-state index contributed by atoms with van der Waals surface area (Å²) in [6, 6.07) is 6.73. The van der Waals surface area contributed by atoms with Gasteiger partial charge in [0, 0.05) is 6.61 Å². The van der Waals surface area contributed by atoms with Crippen molar-refractivity contribution in [1.82, 2.24) is 0 Å². The summed E-state index contributed by atoms with van der Waals surface area (Å²) < 4.78 is 5.39. The number of phenols is 1. The Morgan fingerprint density at radius 1 is 1.59 bits per heavy atom. The average molecular weight is 236 g/mol. The van der Waals surface area contributed by atoms with Crippen LogP contribution in [0.15, 0.2) is 24.3 Å². The Bertz CT molecular complexity index is 429. The van der Waals surface area contributed by atoms with E-state index in [2.05, 4.69) is 0 Å². The van der Waals surface area contributed by atoms with Crippen molar-refractivity contribution < 1.29 is 19.7 Å². The fourth-order valence-corrected chi connectivity index (χ4v) is 2.40. The summed E-state index contributed by atoms with van der Waals surface area (Å²) in [5, 5.41) is 18.8. The Labute approximate surface area is 99.8 Å². The summed E-state index contributed by atoms with van der Waals surface area (Å²) in [5.74, 6) is -0.666. The van der Waals surface area contributed by atoms with E-state index in [1.54, 1.807) is 25.1 Å². The molecule has 4 nitrogen and oxygen atoms in total. The van der Waals surface area contributed by atoms with Crippen LogP contribution in [0.5, 0.6) is 5.75 Å². The minimum Gasteiger partial charge on any atom is -0.508 e. The smallest absolute Gasteiger partial charge is 0.312 e. The van der Waals surface area contributed by atoms with Crippen molar-refractivity contribution >= 4 is 5.97 Å². The highest BCUT2D eigenvalue weighted by Crippen LogP contribution is 2.38. The van der Waals surface area contributed by atoms with Gasteiger partial charge in [-0.2, -0.15) is 0 Å². The third-order valence-corrected chi connectivity index (χ3v) is 3.55.